The van der Waals surface area contributed by atoms with E-state index in [0.29, 0.717) is 18.9 Å². The summed E-state index contributed by atoms with van der Waals surface area (Å²) in [4.78, 5) is 27.5. The predicted molar refractivity (Wildman–Crippen MR) is 123 cm³/mol. The Bertz CT molecular complexity index is 1140. The molecule has 0 unspecified atom stereocenters. The molecule has 2 saturated heterocycles. The molecule has 0 N–H and O–H groups in total. The average Bonchev–Trinajstić information content (AvgIpc) is 2.88. The highest BCUT2D eigenvalue weighted by molar-refractivity contribution is 7.89. The minimum absolute atomic E-state index is 0.00743. The second kappa shape index (κ2) is 10.6. The minimum atomic E-state index is -3.82. The van der Waals surface area contributed by atoms with Gasteiger partial charge in [0.1, 0.15) is 5.82 Å². The van der Waals surface area contributed by atoms with Crippen LogP contribution >= 0.6 is 0 Å². The molecule has 0 bridgehead atoms. The molecule has 2 aliphatic rings. The van der Waals surface area contributed by atoms with Crippen LogP contribution in [-0.2, 0) is 19.5 Å². The van der Waals surface area contributed by atoms with E-state index in [2.05, 4.69) is 0 Å². The zero-order valence-electron chi connectivity index (χ0n) is 18.7. The fraction of sp³-hybridized carbons (Fsp3) is 0.417. The van der Waals surface area contributed by atoms with E-state index >= 15 is 0 Å². The van der Waals surface area contributed by atoms with Crippen LogP contribution in [0.5, 0.6) is 0 Å². The van der Waals surface area contributed by atoms with Gasteiger partial charge in [0.15, 0.2) is 12.4 Å². The molecule has 2 aliphatic heterocycles. The topological polar surface area (TPSA) is 93.2 Å². The number of hydrogen-bond donors (Lipinski definition) is 0. The van der Waals surface area contributed by atoms with Crippen LogP contribution in [0.4, 0.5) is 10.1 Å². The van der Waals surface area contributed by atoms with Crippen molar-refractivity contribution in [1.82, 2.24) is 4.31 Å². The molecule has 0 aliphatic carbocycles. The van der Waals surface area contributed by atoms with Crippen molar-refractivity contribution in [2.24, 2.45) is 0 Å². The maximum absolute atomic E-state index is 13.1. The molecule has 0 atom stereocenters. The smallest absolute Gasteiger partial charge is 0.340 e. The van der Waals surface area contributed by atoms with Gasteiger partial charge in [-0.3, -0.25) is 4.79 Å². The first-order valence-corrected chi connectivity index (χ1v) is 12.7. The van der Waals surface area contributed by atoms with Crippen molar-refractivity contribution in [2.75, 3.05) is 50.9 Å². The molecule has 0 saturated carbocycles. The number of esters is 1. The molecule has 0 radical (unpaired) electrons. The van der Waals surface area contributed by atoms with Gasteiger partial charge in [0, 0.05) is 31.7 Å². The van der Waals surface area contributed by atoms with Crippen LogP contribution in [0.2, 0.25) is 0 Å². The molecular formula is C24H27FN2O6S. The molecule has 0 spiro atoms. The number of Topliss-reactive ketones (excluding diaryl/α,β-unsaturated/α-hetero) is 1. The lowest BCUT2D eigenvalue weighted by Gasteiger charge is -2.31. The molecule has 10 heteroatoms. The fourth-order valence-corrected chi connectivity index (χ4v) is 5.55. The van der Waals surface area contributed by atoms with Gasteiger partial charge in [-0.2, -0.15) is 4.31 Å². The number of sulfonamides is 1. The third kappa shape index (κ3) is 5.45. The summed E-state index contributed by atoms with van der Waals surface area (Å²) in [7, 11) is -3.82. The monoisotopic (exact) mass is 490 g/mol. The molecule has 8 nitrogen and oxygen atoms in total. The van der Waals surface area contributed by atoms with Gasteiger partial charge in [0.25, 0.3) is 0 Å². The quantitative estimate of drug-likeness (QED) is 0.435. The van der Waals surface area contributed by atoms with E-state index in [1.165, 1.54) is 28.6 Å². The van der Waals surface area contributed by atoms with Gasteiger partial charge in [-0.1, -0.05) is 0 Å². The number of piperidine rings is 1. The summed E-state index contributed by atoms with van der Waals surface area (Å²) >= 11 is 0. The lowest BCUT2D eigenvalue weighted by atomic mass is 10.1. The van der Waals surface area contributed by atoms with E-state index in [0.717, 1.165) is 44.5 Å². The molecule has 2 aromatic carbocycles. The van der Waals surface area contributed by atoms with Crippen molar-refractivity contribution >= 4 is 27.5 Å². The van der Waals surface area contributed by atoms with Crippen LogP contribution in [0.15, 0.2) is 47.4 Å². The van der Waals surface area contributed by atoms with Gasteiger partial charge in [-0.05, 0) is 61.7 Å². The SMILES string of the molecule is O=C(COC(=O)c1cc(S(=O)(=O)N2CCOCC2)ccc1N1CCCCC1)c1ccc(F)cc1. The van der Waals surface area contributed by atoms with E-state index in [1.807, 2.05) is 4.90 Å². The summed E-state index contributed by atoms with van der Waals surface area (Å²) in [6.45, 7) is 2.04. The van der Waals surface area contributed by atoms with E-state index in [4.69, 9.17) is 9.47 Å². The van der Waals surface area contributed by atoms with Crippen molar-refractivity contribution in [3.05, 3.63) is 59.4 Å². The van der Waals surface area contributed by atoms with Crippen LogP contribution in [-0.4, -0.2) is 70.5 Å². The van der Waals surface area contributed by atoms with E-state index in [-0.39, 0.29) is 29.1 Å². The first-order valence-electron chi connectivity index (χ1n) is 11.3. The average molecular weight is 491 g/mol. The highest BCUT2D eigenvalue weighted by atomic mass is 32.2. The number of nitrogens with zero attached hydrogens (tertiary/aromatic N) is 2. The summed E-state index contributed by atoms with van der Waals surface area (Å²) in [6.07, 6.45) is 3.02. The molecular weight excluding hydrogens is 463 g/mol. The van der Waals surface area contributed by atoms with E-state index < -0.39 is 34.2 Å². The largest absolute Gasteiger partial charge is 0.454 e. The number of ketones is 1. The van der Waals surface area contributed by atoms with Crippen LogP contribution in [0.25, 0.3) is 0 Å². The molecule has 4 rings (SSSR count). The zero-order chi connectivity index (χ0) is 24.1. The van der Waals surface area contributed by atoms with Crippen molar-refractivity contribution in [2.45, 2.75) is 24.2 Å². The van der Waals surface area contributed by atoms with Crippen molar-refractivity contribution in [3.8, 4) is 0 Å². The number of morpholine rings is 1. The summed E-state index contributed by atoms with van der Waals surface area (Å²) in [6, 6.07) is 9.43. The van der Waals surface area contributed by atoms with Crippen LogP contribution in [0, 0.1) is 5.82 Å². The Kier molecular flexibility index (Phi) is 7.60. The Hall–Kier alpha value is -2.82. The maximum Gasteiger partial charge on any atom is 0.340 e. The minimum Gasteiger partial charge on any atom is -0.454 e. The summed E-state index contributed by atoms with van der Waals surface area (Å²) in [5.41, 5.74) is 0.900. The number of carbonyl (C=O) groups is 2. The Morgan fingerprint density at radius 2 is 1.62 bits per heavy atom. The van der Waals surface area contributed by atoms with Crippen LogP contribution in [0.3, 0.4) is 0 Å². The Balaban J connectivity index is 1.59. The highest BCUT2D eigenvalue weighted by Crippen LogP contribution is 2.29. The van der Waals surface area contributed by atoms with Crippen molar-refractivity contribution < 1.29 is 31.9 Å². The Morgan fingerprint density at radius 1 is 0.941 bits per heavy atom. The number of carbonyl (C=O) groups excluding carboxylic acids is 2. The van der Waals surface area contributed by atoms with Gasteiger partial charge in [0.2, 0.25) is 10.0 Å². The fourth-order valence-electron chi connectivity index (χ4n) is 4.11. The zero-order valence-corrected chi connectivity index (χ0v) is 19.6. The molecule has 0 amide bonds. The lowest BCUT2D eigenvalue weighted by Crippen LogP contribution is -2.40. The van der Waals surface area contributed by atoms with Gasteiger partial charge in [-0.15, -0.1) is 0 Å². The number of halogens is 1. The molecule has 2 heterocycles. The van der Waals surface area contributed by atoms with Crippen molar-refractivity contribution in [3.63, 3.8) is 0 Å². The Labute approximate surface area is 198 Å². The number of ether oxygens (including phenoxy) is 2. The summed E-state index contributed by atoms with van der Waals surface area (Å²) in [5, 5.41) is 0. The van der Waals surface area contributed by atoms with Crippen molar-refractivity contribution in [1.29, 1.82) is 0 Å². The first-order chi connectivity index (χ1) is 16.4. The number of hydrogen-bond acceptors (Lipinski definition) is 7. The molecule has 2 aromatic rings. The van der Waals surface area contributed by atoms with Gasteiger partial charge < -0.3 is 14.4 Å². The molecule has 182 valence electrons. The second-order valence-electron chi connectivity index (χ2n) is 8.25. The maximum atomic E-state index is 13.1. The standard InChI is InChI=1S/C24H27FN2O6S/c25-19-6-4-18(5-7-19)23(28)17-33-24(29)21-16-20(34(30,31)27-12-14-32-15-13-27)8-9-22(21)26-10-2-1-3-11-26/h4-9,16H,1-3,10-15,17H2. The number of rotatable bonds is 7. The van der Waals surface area contributed by atoms with Gasteiger partial charge in [0.05, 0.1) is 29.4 Å². The first kappa shape index (κ1) is 24.3. The molecule has 0 aromatic heterocycles. The van der Waals surface area contributed by atoms with Crippen LogP contribution in [0.1, 0.15) is 40.0 Å². The third-order valence-corrected chi connectivity index (χ3v) is 7.89. The van der Waals surface area contributed by atoms with Crippen LogP contribution < -0.4 is 4.90 Å². The highest BCUT2D eigenvalue weighted by Gasteiger charge is 2.29. The summed E-state index contributed by atoms with van der Waals surface area (Å²) < 4.78 is 51.3. The third-order valence-electron chi connectivity index (χ3n) is 5.99. The lowest BCUT2D eigenvalue weighted by molar-refractivity contribution is 0.0475. The van der Waals surface area contributed by atoms with Gasteiger partial charge >= 0.3 is 5.97 Å². The normalized spacial score (nSPS) is 17.4. The number of anilines is 1. The molecule has 34 heavy (non-hydrogen) atoms. The Morgan fingerprint density at radius 3 is 2.29 bits per heavy atom. The van der Waals surface area contributed by atoms with E-state index in [9.17, 15) is 22.4 Å². The van der Waals surface area contributed by atoms with E-state index in [1.54, 1.807) is 6.07 Å². The summed E-state index contributed by atoms with van der Waals surface area (Å²) in [5.74, 6) is -1.74. The van der Waals surface area contributed by atoms with Gasteiger partial charge in [-0.25, -0.2) is 17.6 Å². The second-order valence-corrected chi connectivity index (χ2v) is 10.2. The predicted octanol–water partition coefficient (Wildman–Crippen LogP) is 2.88. The number of benzene rings is 2. The molecule has 2 fully saturated rings.